The van der Waals surface area contributed by atoms with Crippen LogP contribution in [0.2, 0.25) is 0 Å². The van der Waals surface area contributed by atoms with E-state index in [1.165, 1.54) is 4.68 Å². The van der Waals surface area contributed by atoms with Crippen molar-refractivity contribution >= 4 is 15.6 Å². The van der Waals surface area contributed by atoms with Gasteiger partial charge in [0.2, 0.25) is 0 Å². The molecule has 0 spiro atoms. The van der Waals surface area contributed by atoms with Gasteiger partial charge in [0, 0.05) is 32.3 Å². The molecule has 1 aromatic rings. The summed E-state index contributed by atoms with van der Waals surface area (Å²) in [4.78, 5) is 11.8. The van der Waals surface area contributed by atoms with Crippen molar-refractivity contribution in [1.82, 2.24) is 20.3 Å². The molecule has 18 heavy (non-hydrogen) atoms. The van der Waals surface area contributed by atoms with Gasteiger partial charge in [-0.25, -0.2) is 8.42 Å². The van der Waals surface area contributed by atoms with Gasteiger partial charge in [-0.15, -0.1) is 5.10 Å². The number of carbonyl (C=O) groups is 1. The lowest BCUT2D eigenvalue weighted by Crippen LogP contribution is -2.46. The van der Waals surface area contributed by atoms with Crippen LogP contribution in [0.15, 0.2) is 6.20 Å². The molecule has 1 aliphatic rings. The fraction of sp³-hybridized carbons (Fsp3) is 0.700. The zero-order valence-corrected chi connectivity index (χ0v) is 11.0. The summed E-state index contributed by atoms with van der Waals surface area (Å²) in [6, 6.07) is -0.270. The molecule has 0 radical (unpaired) electrons. The topological polar surface area (TPSA) is 94.0 Å². The molecule has 0 bridgehead atoms. The molecule has 0 amide bonds. The number of nitrogens with zero attached hydrogens (tertiary/aromatic N) is 3. The maximum absolute atomic E-state index is 11.8. The molecule has 1 aliphatic heterocycles. The van der Waals surface area contributed by atoms with E-state index in [4.69, 9.17) is 0 Å². The van der Waals surface area contributed by atoms with Gasteiger partial charge in [-0.3, -0.25) is 9.48 Å². The molecule has 8 heteroatoms. The Hall–Kier alpha value is -1.28. The summed E-state index contributed by atoms with van der Waals surface area (Å²) in [5.41, 5.74) is 0.612. The first-order valence-electron chi connectivity index (χ1n) is 5.75. The number of hydrogen-bond donors (Lipinski definition) is 1. The molecular formula is C10H16N4O3S. The summed E-state index contributed by atoms with van der Waals surface area (Å²) in [5.74, 6) is 0.172. The Balaban J connectivity index is 1.88. The molecule has 0 aromatic carbocycles. The van der Waals surface area contributed by atoms with Gasteiger partial charge in [0.1, 0.15) is 5.78 Å². The van der Waals surface area contributed by atoms with Crippen LogP contribution < -0.4 is 5.32 Å². The molecule has 100 valence electrons. The highest BCUT2D eigenvalue weighted by molar-refractivity contribution is 7.91. The predicted octanol–water partition coefficient (Wildman–Crippen LogP) is -1.30. The van der Waals surface area contributed by atoms with Crippen LogP contribution in [-0.2, 0) is 28.1 Å². The van der Waals surface area contributed by atoms with E-state index in [1.54, 1.807) is 13.2 Å². The molecule has 1 N–H and O–H groups in total. The van der Waals surface area contributed by atoms with E-state index in [2.05, 4.69) is 15.6 Å². The van der Waals surface area contributed by atoms with Crippen molar-refractivity contribution in [3.8, 4) is 0 Å². The Bertz CT molecular complexity index is 537. The van der Waals surface area contributed by atoms with Crippen LogP contribution in [0, 0.1) is 0 Å². The summed E-state index contributed by atoms with van der Waals surface area (Å²) < 4.78 is 24.4. The van der Waals surface area contributed by atoms with Crippen LogP contribution in [0.25, 0.3) is 0 Å². The van der Waals surface area contributed by atoms with E-state index < -0.39 is 9.84 Å². The van der Waals surface area contributed by atoms with Gasteiger partial charge in [0.25, 0.3) is 0 Å². The molecule has 0 saturated carbocycles. The Labute approximate surface area is 105 Å². The van der Waals surface area contributed by atoms with Gasteiger partial charge in [-0.05, 0) is 0 Å². The second-order valence-corrected chi connectivity index (χ2v) is 6.80. The first kappa shape index (κ1) is 13.2. The van der Waals surface area contributed by atoms with E-state index in [0.717, 1.165) is 0 Å². The van der Waals surface area contributed by atoms with Crippen molar-refractivity contribution in [2.75, 3.05) is 18.1 Å². The monoisotopic (exact) mass is 272 g/mol. The Morgan fingerprint density at radius 3 is 3.00 bits per heavy atom. The number of nitrogens with one attached hydrogen (secondary N) is 1. The Kier molecular flexibility index (Phi) is 3.76. The quantitative estimate of drug-likeness (QED) is 0.732. The van der Waals surface area contributed by atoms with Crippen LogP contribution in [-0.4, -0.2) is 53.3 Å². The molecule has 1 unspecified atom stereocenters. The molecule has 2 rings (SSSR count). The molecule has 2 heterocycles. The minimum Gasteiger partial charge on any atom is -0.312 e. The van der Waals surface area contributed by atoms with Gasteiger partial charge < -0.3 is 5.32 Å². The lowest BCUT2D eigenvalue weighted by atomic mass is 10.1. The van der Waals surface area contributed by atoms with E-state index in [-0.39, 0.29) is 36.2 Å². The summed E-state index contributed by atoms with van der Waals surface area (Å²) in [6.07, 6.45) is 2.10. The number of ketones is 1. The fourth-order valence-corrected chi connectivity index (χ4v) is 3.47. The van der Waals surface area contributed by atoms with E-state index in [0.29, 0.717) is 12.2 Å². The highest BCUT2D eigenvalue weighted by Gasteiger charge is 2.26. The number of sulfone groups is 1. The molecule has 1 fully saturated rings. The van der Waals surface area contributed by atoms with E-state index in [1.807, 2.05) is 0 Å². The third-order valence-electron chi connectivity index (χ3n) is 2.80. The zero-order valence-electron chi connectivity index (χ0n) is 10.2. The number of aryl methyl sites for hydroxylation is 1. The maximum Gasteiger partial charge on any atom is 0.153 e. The average molecular weight is 272 g/mol. The number of rotatable bonds is 4. The van der Waals surface area contributed by atoms with Crippen molar-refractivity contribution < 1.29 is 13.2 Å². The lowest BCUT2D eigenvalue weighted by molar-refractivity contribution is -0.118. The highest BCUT2D eigenvalue weighted by atomic mass is 32.2. The van der Waals surface area contributed by atoms with Crippen LogP contribution in [0.1, 0.15) is 12.1 Å². The second kappa shape index (κ2) is 5.15. The van der Waals surface area contributed by atoms with Crippen LogP contribution in [0.3, 0.4) is 0 Å². The van der Waals surface area contributed by atoms with Crippen molar-refractivity contribution in [1.29, 1.82) is 0 Å². The van der Waals surface area contributed by atoms with Gasteiger partial charge >= 0.3 is 0 Å². The predicted molar refractivity (Wildman–Crippen MR) is 64.8 cm³/mol. The third kappa shape index (κ3) is 3.61. The first-order chi connectivity index (χ1) is 8.44. The van der Waals surface area contributed by atoms with Gasteiger partial charge in [-0.1, -0.05) is 5.21 Å². The first-order valence-corrected chi connectivity index (χ1v) is 7.57. The van der Waals surface area contributed by atoms with Crippen molar-refractivity contribution in [2.24, 2.45) is 7.05 Å². The maximum atomic E-state index is 11.8. The average Bonchev–Trinajstić information content (AvgIpc) is 2.62. The Morgan fingerprint density at radius 1 is 1.61 bits per heavy atom. The van der Waals surface area contributed by atoms with Crippen LogP contribution >= 0.6 is 0 Å². The SMILES string of the molecule is Cn1cc(CC(=O)CC2CS(=O)(=O)CCN2)nn1. The number of Topliss-reactive ketones (excluding diaryl/α,β-unsaturated/α-hetero) is 1. The molecule has 7 nitrogen and oxygen atoms in total. The second-order valence-electron chi connectivity index (χ2n) is 4.57. The van der Waals surface area contributed by atoms with E-state index in [9.17, 15) is 13.2 Å². The van der Waals surface area contributed by atoms with Crippen molar-refractivity contribution in [3.05, 3.63) is 11.9 Å². The lowest BCUT2D eigenvalue weighted by Gasteiger charge is -2.22. The summed E-state index contributed by atoms with van der Waals surface area (Å²) >= 11 is 0. The molecule has 1 atom stereocenters. The number of carbonyl (C=O) groups excluding carboxylic acids is 1. The van der Waals surface area contributed by atoms with Gasteiger partial charge in [0.15, 0.2) is 9.84 Å². The molecule has 0 aliphatic carbocycles. The smallest absolute Gasteiger partial charge is 0.153 e. The largest absolute Gasteiger partial charge is 0.312 e. The minimum absolute atomic E-state index is 0.0231. The standard InChI is InChI=1S/C10H16N4O3S/c1-14-6-8(12-13-14)4-10(15)5-9-7-18(16,17)3-2-11-9/h6,9,11H,2-5,7H2,1H3. The van der Waals surface area contributed by atoms with Gasteiger partial charge in [0.05, 0.1) is 23.6 Å². The number of aromatic nitrogens is 3. The third-order valence-corrected chi connectivity index (χ3v) is 4.54. The molecular weight excluding hydrogens is 256 g/mol. The summed E-state index contributed by atoms with van der Waals surface area (Å²) in [6.45, 7) is 0.422. The minimum atomic E-state index is -2.99. The van der Waals surface area contributed by atoms with Crippen LogP contribution in [0.5, 0.6) is 0 Å². The fourth-order valence-electron chi connectivity index (χ4n) is 2.02. The summed E-state index contributed by atoms with van der Waals surface area (Å²) in [5, 5.41) is 10.6. The van der Waals surface area contributed by atoms with Crippen molar-refractivity contribution in [3.63, 3.8) is 0 Å². The normalized spacial score (nSPS) is 22.8. The van der Waals surface area contributed by atoms with E-state index >= 15 is 0 Å². The van der Waals surface area contributed by atoms with Crippen molar-refractivity contribution in [2.45, 2.75) is 18.9 Å². The van der Waals surface area contributed by atoms with Gasteiger partial charge in [-0.2, -0.15) is 0 Å². The molecule has 1 saturated heterocycles. The zero-order chi connectivity index (χ0) is 13.2. The Morgan fingerprint density at radius 2 is 2.39 bits per heavy atom. The number of hydrogen-bond acceptors (Lipinski definition) is 6. The summed E-state index contributed by atoms with van der Waals surface area (Å²) in [7, 11) is -1.26. The van der Waals surface area contributed by atoms with Crippen LogP contribution in [0.4, 0.5) is 0 Å². The molecule has 1 aromatic heterocycles. The highest BCUT2D eigenvalue weighted by Crippen LogP contribution is 2.07.